The van der Waals surface area contributed by atoms with Crippen LogP contribution in [0.1, 0.15) is 33.4 Å². The molecule has 2 N–H and O–H groups in total. The van der Waals surface area contributed by atoms with E-state index in [0.29, 0.717) is 22.7 Å². The lowest BCUT2D eigenvalue weighted by atomic mass is 10.1. The van der Waals surface area contributed by atoms with Gasteiger partial charge in [0.25, 0.3) is 11.8 Å². The number of carbonyl (C=O) groups excluding carboxylic acids is 3. The summed E-state index contributed by atoms with van der Waals surface area (Å²) in [4.78, 5) is 35.4. The van der Waals surface area contributed by atoms with E-state index < -0.39 is 5.97 Å². The summed E-state index contributed by atoms with van der Waals surface area (Å²) in [5.41, 5.74) is 2.40. The fraction of sp³-hybridized carbons (Fsp3) is 0.0952. The maximum absolute atomic E-state index is 12.4. The highest BCUT2D eigenvalue weighted by atomic mass is 16.5. The van der Waals surface area contributed by atoms with E-state index in [4.69, 9.17) is 9.15 Å². The van der Waals surface area contributed by atoms with Gasteiger partial charge in [-0.1, -0.05) is 0 Å². The SMILES string of the molecule is CC(=O)Oc1ccc(C(=O)Nc2ccc(NC(=O)c3ccco3)c(C)c2)cc1. The number of anilines is 2. The van der Waals surface area contributed by atoms with Gasteiger partial charge in [-0.2, -0.15) is 0 Å². The normalized spacial score (nSPS) is 10.2. The Kier molecular flexibility index (Phi) is 5.55. The van der Waals surface area contributed by atoms with Gasteiger partial charge in [0.15, 0.2) is 5.76 Å². The van der Waals surface area contributed by atoms with Crippen molar-refractivity contribution in [2.24, 2.45) is 0 Å². The van der Waals surface area contributed by atoms with Gasteiger partial charge in [-0.25, -0.2) is 0 Å². The Morgan fingerprint density at radius 3 is 2.29 bits per heavy atom. The summed E-state index contributed by atoms with van der Waals surface area (Å²) in [6.07, 6.45) is 1.43. The van der Waals surface area contributed by atoms with Crippen LogP contribution in [0, 0.1) is 6.92 Å². The molecule has 0 aliphatic heterocycles. The Hall–Kier alpha value is -3.87. The number of nitrogens with one attached hydrogen (secondary N) is 2. The van der Waals surface area contributed by atoms with Crippen LogP contribution in [0.5, 0.6) is 5.75 Å². The molecule has 0 saturated carbocycles. The van der Waals surface area contributed by atoms with Crippen LogP contribution in [0.4, 0.5) is 11.4 Å². The second kappa shape index (κ2) is 8.22. The number of amides is 2. The third-order valence-electron chi connectivity index (χ3n) is 3.86. The molecule has 0 aliphatic rings. The van der Waals surface area contributed by atoms with E-state index in [1.165, 1.54) is 13.2 Å². The molecule has 1 aromatic heterocycles. The van der Waals surface area contributed by atoms with Crippen molar-refractivity contribution in [3.63, 3.8) is 0 Å². The van der Waals surface area contributed by atoms with E-state index in [1.54, 1.807) is 54.6 Å². The van der Waals surface area contributed by atoms with E-state index in [1.807, 2.05) is 6.92 Å². The summed E-state index contributed by atoms with van der Waals surface area (Å²) in [7, 11) is 0. The first kappa shape index (κ1) is 18.9. The topological polar surface area (TPSA) is 97.6 Å². The predicted molar refractivity (Wildman–Crippen MR) is 104 cm³/mol. The maximum atomic E-state index is 12.4. The summed E-state index contributed by atoms with van der Waals surface area (Å²) in [6.45, 7) is 3.13. The van der Waals surface area contributed by atoms with Crippen molar-refractivity contribution in [1.29, 1.82) is 0 Å². The number of furan rings is 1. The highest BCUT2D eigenvalue weighted by Crippen LogP contribution is 2.21. The molecule has 28 heavy (non-hydrogen) atoms. The quantitative estimate of drug-likeness (QED) is 0.516. The number of benzene rings is 2. The van der Waals surface area contributed by atoms with Gasteiger partial charge in [0, 0.05) is 23.9 Å². The fourth-order valence-corrected chi connectivity index (χ4v) is 2.52. The van der Waals surface area contributed by atoms with Gasteiger partial charge in [-0.15, -0.1) is 0 Å². The van der Waals surface area contributed by atoms with Crippen LogP contribution in [0.2, 0.25) is 0 Å². The zero-order valence-electron chi connectivity index (χ0n) is 15.3. The van der Waals surface area contributed by atoms with Crippen LogP contribution in [-0.2, 0) is 4.79 Å². The number of rotatable bonds is 5. The second-order valence-corrected chi connectivity index (χ2v) is 6.03. The highest BCUT2D eigenvalue weighted by Gasteiger charge is 2.12. The smallest absolute Gasteiger partial charge is 0.308 e. The van der Waals surface area contributed by atoms with Gasteiger partial charge in [0.2, 0.25) is 0 Å². The maximum Gasteiger partial charge on any atom is 0.308 e. The van der Waals surface area contributed by atoms with Crippen molar-refractivity contribution in [2.75, 3.05) is 10.6 Å². The average molecular weight is 378 g/mol. The molecule has 0 spiro atoms. The Balaban J connectivity index is 1.66. The van der Waals surface area contributed by atoms with Crippen molar-refractivity contribution < 1.29 is 23.5 Å². The molecule has 0 bridgehead atoms. The largest absolute Gasteiger partial charge is 0.459 e. The van der Waals surface area contributed by atoms with Crippen molar-refractivity contribution in [3.8, 4) is 5.75 Å². The summed E-state index contributed by atoms with van der Waals surface area (Å²) in [6, 6.07) is 14.6. The molecule has 1 heterocycles. The van der Waals surface area contributed by atoms with Crippen molar-refractivity contribution in [2.45, 2.75) is 13.8 Å². The lowest BCUT2D eigenvalue weighted by molar-refractivity contribution is -0.131. The number of aryl methyl sites for hydroxylation is 1. The van der Waals surface area contributed by atoms with Crippen LogP contribution >= 0.6 is 0 Å². The predicted octanol–water partition coefficient (Wildman–Crippen LogP) is 4.02. The minimum absolute atomic E-state index is 0.217. The Bertz CT molecular complexity index is 1010. The summed E-state index contributed by atoms with van der Waals surface area (Å²) >= 11 is 0. The molecule has 2 aromatic carbocycles. The number of esters is 1. The molecular weight excluding hydrogens is 360 g/mol. The van der Waals surface area contributed by atoms with E-state index in [2.05, 4.69) is 10.6 Å². The van der Waals surface area contributed by atoms with Crippen LogP contribution in [0.15, 0.2) is 65.3 Å². The number of hydrogen-bond donors (Lipinski definition) is 2. The van der Waals surface area contributed by atoms with Crippen LogP contribution in [0.25, 0.3) is 0 Å². The van der Waals surface area contributed by atoms with E-state index in [-0.39, 0.29) is 17.6 Å². The monoisotopic (exact) mass is 378 g/mol. The zero-order valence-corrected chi connectivity index (χ0v) is 15.3. The lowest BCUT2D eigenvalue weighted by Crippen LogP contribution is -2.14. The van der Waals surface area contributed by atoms with Crippen LogP contribution < -0.4 is 15.4 Å². The molecule has 142 valence electrons. The third kappa shape index (κ3) is 4.64. The van der Waals surface area contributed by atoms with E-state index in [0.717, 1.165) is 5.56 Å². The minimum Gasteiger partial charge on any atom is -0.459 e. The first-order valence-electron chi connectivity index (χ1n) is 8.48. The van der Waals surface area contributed by atoms with Crippen molar-refractivity contribution in [3.05, 3.63) is 77.7 Å². The molecule has 0 saturated heterocycles. The van der Waals surface area contributed by atoms with Gasteiger partial charge < -0.3 is 19.8 Å². The molecule has 3 aromatic rings. The van der Waals surface area contributed by atoms with Gasteiger partial charge in [-0.05, 0) is 67.1 Å². The second-order valence-electron chi connectivity index (χ2n) is 6.03. The van der Waals surface area contributed by atoms with Crippen LogP contribution in [0.3, 0.4) is 0 Å². The van der Waals surface area contributed by atoms with Crippen molar-refractivity contribution in [1.82, 2.24) is 0 Å². The molecule has 0 unspecified atom stereocenters. The van der Waals surface area contributed by atoms with Gasteiger partial charge in [0.05, 0.1) is 6.26 Å². The molecule has 0 atom stereocenters. The molecule has 0 radical (unpaired) electrons. The number of hydrogen-bond acceptors (Lipinski definition) is 5. The van der Waals surface area contributed by atoms with Gasteiger partial charge in [0.1, 0.15) is 5.75 Å². The molecule has 0 fully saturated rings. The molecule has 7 nitrogen and oxygen atoms in total. The van der Waals surface area contributed by atoms with Crippen LogP contribution in [-0.4, -0.2) is 17.8 Å². The summed E-state index contributed by atoms with van der Waals surface area (Å²) in [5, 5.41) is 5.55. The van der Waals surface area contributed by atoms with E-state index >= 15 is 0 Å². The third-order valence-corrected chi connectivity index (χ3v) is 3.86. The van der Waals surface area contributed by atoms with Gasteiger partial charge in [-0.3, -0.25) is 14.4 Å². The lowest BCUT2D eigenvalue weighted by Gasteiger charge is -2.11. The fourth-order valence-electron chi connectivity index (χ4n) is 2.52. The minimum atomic E-state index is -0.424. The average Bonchev–Trinajstić information content (AvgIpc) is 3.19. The summed E-state index contributed by atoms with van der Waals surface area (Å²) in [5.74, 6) is -0.490. The molecular formula is C21H18N2O5. The molecule has 2 amide bonds. The van der Waals surface area contributed by atoms with Crippen molar-refractivity contribution >= 4 is 29.2 Å². The molecule has 7 heteroatoms. The summed E-state index contributed by atoms with van der Waals surface area (Å²) < 4.78 is 10.0. The standard InChI is InChI=1S/C21H18N2O5/c1-13-12-16(7-10-18(13)23-21(26)19-4-3-11-27-19)22-20(25)15-5-8-17(9-6-15)28-14(2)24/h3-12H,1-2H3,(H,22,25)(H,23,26). The molecule has 0 aliphatic carbocycles. The number of ether oxygens (including phenoxy) is 1. The zero-order chi connectivity index (χ0) is 20.1. The Morgan fingerprint density at radius 1 is 0.929 bits per heavy atom. The van der Waals surface area contributed by atoms with E-state index in [9.17, 15) is 14.4 Å². The first-order chi connectivity index (χ1) is 13.4. The van der Waals surface area contributed by atoms with Gasteiger partial charge >= 0.3 is 5.97 Å². The number of carbonyl (C=O) groups is 3. The Labute approximate surface area is 161 Å². The highest BCUT2D eigenvalue weighted by molar-refractivity contribution is 6.05. The first-order valence-corrected chi connectivity index (χ1v) is 8.48. The Morgan fingerprint density at radius 2 is 1.68 bits per heavy atom. The molecule has 3 rings (SSSR count).